The zero-order valence-corrected chi connectivity index (χ0v) is 16.5. The third-order valence-electron chi connectivity index (χ3n) is 5.37. The largest absolute Gasteiger partial charge is 0.360 e. The van der Waals surface area contributed by atoms with E-state index in [1.807, 2.05) is 6.92 Å². The number of carbonyl (C=O) groups excluding carboxylic acids is 1. The molecule has 0 radical (unpaired) electrons. The molecule has 1 aliphatic rings. The molecular formula is C19H29N5O3. The molecule has 1 N–H and O–H groups in total. The van der Waals surface area contributed by atoms with Gasteiger partial charge in [-0.2, -0.15) is 5.10 Å². The maximum absolute atomic E-state index is 12.4. The Morgan fingerprint density at radius 3 is 2.89 bits per heavy atom. The number of likely N-dealkylation sites (tertiary alicyclic amines) is 1. The fourth-order valence-corrected chi connectivity index (χ4v) is 3.80. The highest BCUT2D eigenvalue weighted by Gasteiger charge is 2.18. The summed E-state index contributed by atoms with van der Waals surface area (Å²) in [5.41, 5.74) is 0.746. The maximum Gasteiger partial charge on any atom is 0.296 e. The third-order valence-corrected chi connectivity index (χ3v) is 5.37. The van der Waals surface area contributed by atoms with Gasteiger partial charge in [-0.1, -0.05) is 11.6 Å². The summed E-state index contributed by atoms with van der Waals surface area (Å²) in [6, 6.07) is 0.604. The summed E-state index contributed by atoms with van der Waals surface area (Å²) < 4.78 is 6.48. The van der Waals surface area contributed by atoms with Crippen LogP contribution in [0.4, 0.5) is 0 Å². The lowest BCUT2D eigenvalue weighted by atomic mass is 10.0. The van der Waals surface area contributed by atoms with Crippen LogP contribution in [0.15, 0.2) is 9.32 Å². The standard InChI is InChI=1S/C19H29N5O3/c1-13-7-4-5-10-23(13)12-9-20-16(25)8-6-11-24-19(26)18-17(14(2)21-24)15(3)27-22-18/h13H,4-12H2,1-3H3,(H,20,25). The van der Waals surface area contributed by atoms with E-state index < -0.39 is 0 Å². The Balaban J connectivity index is 1.45. The number of fused-ring (bicyclic) bond motifs is 1. The first-order chi connectivity index (χ1) is 13.0. The van der Waals surface area contributed by atoms with Gasteiger partial charge in [0.25, 0.3) is 5.56 Å². The van der Waals surface area contributed by atoms with E-state index in [1.54, 1.807) is 6.92 Å². The Morgan fingerprint density at radius 1 is 1.30 bits per heavy atom. The van der Waals surface area contributed by atoms with Crippen LogP contribution in [0.3, 0.4) is 0 Å². The SMILES string of the molecule is Cc1nn(CCCC(=O)NCCN2CCCCC2C)c(=O)c2noc(C)c12. The molecule has 3 heterocycles. The number of nitrogens with zero attached hydrogens (tertiary/aromatic N) is 4. The Bertz CT molecular complexity index is 857. The number of hydrogen-bond acceptors (Lipinski definition) is 6. The quantitative estimate of drug-likeness (QED) is 0.793. The van der Waals surface area contributed by atoms with Crippen LogP contribution in [0.1, 0.15) is 50.5 Å². The highest BCUT2D eigenvalue weighted by Crippen LogP contribution is 2.17. The number of amides is 1. The second-order valence-corrected chi connectivity index (χ2v) is 7.41. The summed E-state index contributed by atoms with van der Waals surface area (Å²) in [6.07, 6.45) is 4.72. The van der Waals surface area contributed by atoms with Crippen molar-refractivity contribution >= 4 is 16.8 Å². The molecule has 0 aromatic carbocycles. The van der Waals surface area contributed by atoms with Crippen LogP contribution in [0.5, 0.6) is 0 Å². The number of aryl methyl sites for hydroxylation is 3. The van der Waals surface area contributed by atoms with Crippen LogP contribution in [0.25, 0.3) is 10.9 Å². The van der Waals surface area contributed by atoms with Gasteiger partial charge in [0.05, 0.1) is 11.1 Å². The molecule has 3 rings (SSSR count). The summed E-state index contributed by atoms with van der Waals surface area (Å²) in [6.45, 7) is 8.92. The van der Waals surface area contributed by atoms with E-state index in [4.69, 9.17) is 4.52 Å². The second kappa shape index (κ2) is 8.65. The lowest BCUT2D eigenvalue weighted by Crippen LogP contribution is -2.42. The van der Waals surface area contributed by atoms with Gasteiger partial charge in [0.2, 0.25) is 5.91 Å². The van der Waals surface area contributed by atoms with Crippen molar-refractivity contribution in [2.45, 2.75) is 65.5 Å². The van der Waals surface area contributed by atoms with Crippen molar-refractivity contribution in [1.29, 1.82) is 0 Å². The van der Waals surface area contributed by atoms with Crippen molar-refractivity contribution in [1.82, 2.24) is 25.2 Å². The zero-order valence-electron chi connectivity index (χ0n) is 16.5. The maximum atomic E-state index is 12.4. The van der Waals surface area contributed by atoms with Crippen LogP contribution in [-0.2, 0) is 11.3 Å². The summed E-state index contributed by atoms with van der Waals surface area (Å²) in [4.78, 5) is 26.9. The van der Waals surface area contributed by atoms with Gasteiger partial charge in [0, 0.05) is 32.1 Å². The predicted molar refractivity (Wildman–Crippen MR) is 103 cm³/mol. The zero-order chi connectivity index (χ0) is 19.4. The van der Waals surface area contributed by atoms with Crippen LogP contribution in [0.2, 0.25) is 0 Å². The van der Waals surface area contributed by atoms with E-state index in [1.165, 1.54) is 23.9 Å². The van der Waals surface area contributed by atoms with Crippen LogP contribution < -0.4 is 10.9 Å². The average Bonchev–Trinajstić information content (AvgIpc) is 3.03. The predicted octanol–water partition coefficient (Wildman–Crippen LogP) is 1.77. The number of hydrogen-bond donors (Lipinski definition) is 1. The summed E-state index contributed by atoms with van der Waals surface area (Å²) >= 11 is 0. The molecule has 1 amide bonds. The van der Waals surface area contributed by atoms with Gasteiger partial charge in [0.15, 0.2) is 5.52 Å². The first-order valence-electron chi connectivity index (χ1n) is 9.82. The first-order valence-corrected chi connectivity index (χ1v) is 9.82. The van der Waals surface area contributed by atoms with E-state index in [-0.39, 0.29) is 11.5 Å². The second-order valence-electron chi connectivity index (χ2n) is 7.41. The summed E-state index contributed by atoms with van der Waals surface area (Å²) in [5, 5.41) is 11.8. The number of piperidine rings is 1. The topological polar surface area (TPSA) is 93.3 Å². The Labute approximate surface area is 158 Å². The Kier molecular flexibility index (Phi) is 6.26. The molecule has 0 bridgehead atoms. The molecule has 8 heteroatoms. The highest BCUT2D eigenvalue weighted by atomic mass is 16.5. The van der Waals surface area contributed by atoms with Gasteiger partial charge < -0.3 is 9.84 Å². The van der Waals surface area contributed by atoms with Gasteiger partial charge in [-0.3, -0.25) is 14.5 Å². The molecule has 27 heavy (non-hydrogen) atoms. The summed E-state index contributed by atoms with van der Waals surface area (Å²) in [5.74, 6) is 0.615. The minimum atomic E-state index is -0.271. The molecule has 8 nitrogen and oxygen atoms in total. The smallest absolute Gasteiger partial charge is 0.296 e. The molecule has 0 aliphatic carbocycles. The Morgan fingerprint density at radius 2 is 2.11 bits per heavy atom. The molecule has 0 spiro atoms. The number of aromatic nitrogens is 3. The van der Waals surface area contributed by atoms with E-state index in [0.717, 1.165) is 13.1 Å². The molecule has 2 aromatic rings. The normalized spacial score (nSPS) is 18.1. The minimum absolute atomic E-state index is 0.0165. The fraction of sp³-hybridized carbons (Fsp3) is 0.684. The molecule has 1 unspecified atom stereocenters. The number of nitrogens with one attached hydrogen (secondary N) is 1. The molecular weight excluding hydrogens is 346 g/mol. The lowest BCUT2D eigenvalue weighted by molar-refractivity contribution is -0.121. The molecule has 1 saturated heterocycles. The Hall–Kier alpha value is -2.22. The molecule has 148 valence electrons. The van der Waals surface area contributed by atoms with Crippen molar-refractivity contribution in [3.63, 3.8) is 0 Å². The van der Waals surface area contributed by atoms with Crippen molar-refractivity contribution < 1.29 is 9.32 Å². The van der Waals surface area contributed by atoms with Crippen molar-refractivity contribution in [3.05, 3.63) is 21.8 Å². The monoisotopic (exact) mass is 375 g/mol. The number of carbonyl (C=O) groups is 1. The van der Waals surface area contributed by atoms with E-state index >= 15 is 0 Å². The molecule has 2 aromatic heterocycles. The van der Waals surface area contributed by atoms with Crippen molar-refractivity contribution in [2.75, 3.05) is 19.6 Å². The highest BCUT2D eigenvalue weighted by molar-refractivity contribution is 5.81. The minimum Gasteiger partial charge on any atom is -0.360 e. The van der Waals surface area contributed by atoms with Crippen LogP contribution >= 0.6 is 0 Å². The van der Waals surface area contributed by atoms with Crippen LogP contribution in [0, 0.1) is 13.8 Å². The van der Waals surface area contributed by atoms with Crippen molar-refractivity contribution in [2.24, 2.45) is 0 Å². The van der Waals surface area contributed by atoms with E-state index in [2.05, 4.69) is 27.4 Å². The molecule has 1 atom stereocenters. The lowest BCUT2D eigenvalue weighted by Gasteiger charge is -2.33. The molecule has 1 fully saturated rings. The first kappa shape index (κ1) is 19.5. The molecule has 1 aliphatic heterocycles. The van der Waals surface area contributed by atoms with Gasteiger partial charge in [-0.05, 0) is 46.6 Å². The van der Waals surface area contributed by atoms with Gasteiger partial charge in [-0.25, -0.2) is 4.68 Å². The van der Waals surface area contributed by atoms with Gasteiger partial charge >= 0.3 is 0 Å². The van der Waals surface area contributed by atoms with Gasteiger partial charge in [-0.15, -0.1) is 0 Å². The van der Waals surface area contributed by atoms with E-state index in [9.17, 15) is 9.59 Å². The van der Waals surface area contributed by atoms with E-state index in [0.29, 0.717) is 54.3 Å². The number of rotatable bonds is 7. The fourth-order valence-electron chi connectivity index (χ4n) is 3.80. The van der Waals surface area contributed by atoms with Crippen molar-refractivity contribution in [3.8, 4) is 0 Å². The third kappa shape index (κ3) is 4.55. The summed E-state index contributed by atoms with van der Waals surface area (Å²) in [7, 11) is 0. The van der Waals surface area contributed by atoms with Crippen LogP contribution in [-0.4, -0.2) is 51.4 Å². The average molecular weight is 375 g/mol. The molecule has 0 saturated carbocycles. The van der Waals surface area contributed by atoms with Gasteiger partial charge in [0.1, 0.15) is 5.76 Å².